The number of nitrogens with zero attached hydrogens (tertiary/aromatic N) is 4. The molecule has 0 N–H and O–H groups in total. The summed E-state index contributed by atoms with van der Waals surface area (Å²) < 4.78 is 1.40. The van der Waals surface area contributed by atoms with Gasteiger partial charge in [0.2, 0.25) is 0 Å². The number of piperidine rings is 1. The summed E-state index contributed by atoms with van der Waals surface area (Å²) in [4.78, 5) is 15.2. The average molecular weight is 403 g/mol. The van der Waals surface area contributed by atoms with Gasteiger partial charge in [0.1, 0.15) is 5.69 Å². The molecule has 1 fully saturated rings. The number of carbonyl (C=O) groups is 1. The van der Waals surface area contributed by atoms with Crippen molar-refractivity contribution in [2.75, 3.05) is 6.54 Å². The van der Waals surface area contributed by atoms with Crippen LogP contribution < -0.4 is 0 Å². The molecule has 2 aromatic carbocycles. The molecule has 4 rings (SSSR count). The highest BCUT2D eigenvalue weighted by molar-refractivity contribution is 5.77. The van der Waals surface area contributed by atoms with Crippen molar-refractivity contribution in [2.24, 2.45) is 5.92 Å². The third kappa shape index (κ3) is 4.78. The number of likely N-dealkylation sites (tertiary alicyclic amines) is 1. The van der Waals surface area contributed by atoms with Crippen LogP contribution in [0.3, 0.4) is 0 Å². The van der Waals surface area contributed by atoms with Crippen molar-refractivity contribution in [2.45, 2.75) is 52.0 Å². The summed E-state index contributed by atoms with van der Waals surface area (Å²) in [6, 6.07) is 18.9. The summed E-state index contributed by atoms with van der Waals surface area (Å²) in [7, 11) is 0. The third-order valence-corrected chi connectivity index (χ3v) is 5.77. The first-order chi connectivity index (χ1) is 14.6. The molecule has 1 saturated heterocycles. The molecular weight excluding hydrogens is 372 g/mol. The van der Waals surface area contributed by atoms with Gasteiger partial charge in [-0.3, -0.25) is 0 Å². The summed E-state index contributed by atoms with van der Waals surface area (Å²) in [5.74, 6) is 0.628. The largest absolute Gasteiger partial charge is 0.346 e. The predicted octanol–water partition coefficient (Wildman–Crippen LogP) is 5.21. The van der Waals surface area contributed by atoms with Crippen molar-refractivity contribution >= 4 is 6.03 Å². The van der Waals surface area contributed by atoms with Crippen molar-refractivity contribution in [1.29, 1.82) is 0 Å². The molecule has 5 nitrogen and oxygen atoms in total. The van der Waals surface area contributed by atoms with Crippen LogP contribution in [0.2, 0.25) is 0 Å². The summed E-state index contributed by atoms with van der Waals surface area (Å²) in [6.07, 6.45) is 6.92. The average Bonchev–Trinajstić information content (AvgIpc) is 3.25. The van der Waals surface area contributed by atoms with Crippen molar-refractivity contribution in [3.63, 3.8) is 0 Å². The van der Waals surface area contributed by atoms with E-state index in [0.29, 0.717) is 5.92 Å². The highest BCUT2D eigenvalue weighted by Gasteiger charge is 2.28. The Bertz CT molecular complexity index is 962. The topological polar surface area (TPSA) is 51.0 Å². The lowest BCUT2D eigenvalue weighted by atomic mass is 9.96. The Morgan fingerprint density at radius 3 is 2.53 bits per heavy atom. The predicted molar refractivity (Wildman–Crippen MR) is 119 cm³/mol. The van der Waals surface area contributed by atoms with Gasteiger partial charge in [0.05, 0.1) is 6.20 Å². The second-order valence-corrected chi connectivity index (χ2v) is 8.66. The number of amides is 1. The molecule has 1 amide bonds. The first-order valence-corrected chi connectivity index (χ1v) is 11.0. The summed E-state index contributed by atoms with van der Waals surface area (Å²) in [5, 5.41) is 8.42. The van der Waals surface area contributed by atoms with E-state index in [1.165, 1.54) is 15.8 Å². The van der Waals surface area contributed by atoms with E-state index in [9.17, 15) is 4.79 Å². The van der Waals surface area contributed by atoms with Gasteiger partial charge in [-0.25, -0.2) is 4.79 Å². The van der Waals surface area contributed by atoms with E-state index in [1.54, 1.807) is 6.20 Å². The zero-order valence-corrected chi connectivity index (χ0v) is 17.9. The van der Waals surface area contributed by atoms with Crippen LogP contribution in [-0.2, 0) is 12.8 Å². The standard InChI is InChI=1S/C25H30N4O/c1-19(2)16-21-11-13-22(14-12-21)24-18-29(27-26-24)25(30)28-15-7-6-10-23(28)17-20-8-4-3-5-9-20/h3-5,8-9,11-14,18-19,23H,6-7,10,15-17H2,1-2H3. The normalized spacial score (nSPS) is 16.8. The summed E-state index contributed by atoms with van der Waals surface area (Å²) in [6.45, 7) is 5.21. The second kappa shape index (κ2) is 9.24. The quantitative estimate of drug-likeness (QED) is 0.589. The van der Waals surface area contributed by atoms with E-state index < -0.39 is 0 Å². The van der Waals surface area contributed by atoms with Gasteiger partial charge < -0.3 is 4.90 Å². The Balaban J connectivity index is 1.48. The third-order valence-electron chi connectivity index (χ3n) is 5.77. The van der Waals surface area contributed by atoms with Gasteiger partial charge in [0.25, 0.3) is 0 Å². The molecule has 0 aliphatic carbocycles. The highest BCUT2D eigenvalue weighted by Crippen LogP contribution is 2.23. The number of carbonyl (C=O) groups excluding carboxylic acids is 1. The smallest absolute Gasteiger partial charge is 0.320 e. The Morgan fingerprint density at radius 2 is 1.80 bits per heavy atom. The number of hydrogen-bond donors (Lipinski definition) is 0. The Labute approximate surface area is 178 Å². The first-order valence-electron chi connectivity index (χ1n) is 11.0. The minimum atomic E-state index is -0.0780. The van der Waals surface area contributed by atoms with Crippen LogP contribution >= 0.6 is 0 Å². The summed E-state index contributed by atoms with van der Waals surface area (Å²) >= 11 is 0. The van der Waals surface area contributed by atoms with Crippen LogP contribution in [0.5, 0.6) is 0 Å². The van der Waals surface area contributed by atoms with Crippen LogP contribution in [0.25, 0.3) is 11.3 Å². The highest BCUT2D eigenvalue weighted by atomic mass is 16.2. The first kappa shape index (κ1) is 20.3. The SMILES string of the molecule is CC(C)Cc1ccc(-c2cn(C(=O)N3CCCCC3Cc3ccccc3)nn2)cc1. The number of benzene rings is 2. The van der Waals surface area contributed by atoms with Gasteiger partial charge in [-0.1, -0.05) is 73.7 Å². The molecule has 156 valence electrons. The molecule has 1 unspecified atom stereocenters. The van der Waals surface area contributed by atoms with Gasteiger partial charge in [-0.15, -0.1) is 5.10 Å². The van der Waals surface area contributed by atoms with E-state index in [0.717, 1.165) is 49.9 Å². The maximum atomic E-state index is 13.2. The Hall–Kier alpha value is -2.95. The maximum absolute atomic E-state index is 13.2. The fourth-order valence-corrected chi connectivity index (χ4v) is 4.25. The summed E-state index contributed by atoms with van der Waals surface area (Å²) in [5.41, 5.74) is 4.30. The van der Waals surface area contributed by atoms with Gasteiger partial charge in [0, 0.05) is 18.2 Å². The fourth-order valence-electron chi connectivity index (χ4n) is 4.25. The monoisotopic (exact) mass is 402 g/mol. The molecule has 1 aliphatic heterocycles. The molecule has 30 heavy (non-hydrogen) atoms. The Kier molecular flexibility index (Phi) is 6.26. The van der Waals surface area contributed by atoms with E-state index in [2.05, 4.69) is 72.7 Å². The van der Waals surface area contributed by atoms with Crippen LogP contribution in [0.15, 0.2) is 60.8 Å². The van der Waals surface area contributed by atoms with E-state index in [4.69, 9.17) is 0 Å². The van der Waals surface area contributed by atoms with Gasteiger partial charge >= 0.3 is 6.03 Å². The van der Waals surface area contributed by atoms with Crippen LogP contribution in [-0.4, -0.2) is 38.5 Å². The molecule has 0 radical (unpaired) electrons. The molecule has 1 atom stereocenters. The fraction of sp³-hybridized carbons (Fsp3) is 0.400. The molecule has 0 bridgehead atoms. The zero-order chi connectivity index (χ0) is 20.9. The maximum Gasteiger partial charge on any atom is 0.346 e. The minimum Gasteiger partial charge on any atom is -0.320 e. The molecule has 5 heteroatoms. The number of hydrogen-bond acceptors (Lipinski definition) is 3. The van der Waals surface area contributed by atoms with Crippen molar-refractivity contribution in [3.05, 3.63) is 71.9 Å². The van der Waals surface area contributed by atoms with E-state index in [1.807, 2.05) is 11.0 Å². The molecule has 0 saturated carbocycles. The van der Waals surface area contributed by atoms with Gasteiger partial charge in [-0.05, 0) is 49.1 Å². The zero-order valence-electron chi connectivity index (χ0n) is 17.9. The molecule has 0 spiro atoms. The van der Waals surface area contributed by atoms with Crippen LogP contribution in [0, 0.1) is 5.92 Å². The van der Waals surface area contributed by atoms with E-state index in [-0.39, 0.29) is 12.1 Å². The number of aromatic nitrogens is 3. The Morgan fingerprint density at radius 1 is 1.03 bits per heavy atom. The molecule has 2 heterocycles. The second-order valence-electron chi connectivity index (χ2n) is 8.66. The lowest BCUT2D eigenvalue weighted by molar-refractivity contribution is 0.149. The molecule has 1 aromatic heterocycles. The van der Waals surface area contributed by atoms with Gasteiger partial charge in [-0.2, -0.15) is 4.68 Å². The lowest BCUT2D eigenvalue weighted by Gasteiger charge is -2.35. The molecule has 1 aliphatic rings. The lowest BCUT2D eigenvalue weighted by Crippen LogP contribution is -2.46. The van der Waals surface area contributed by atoms with E-state index >= 15 is 0 Å². The van der Waals surface area contributed by atoms with Crippen LogP contribution in [0.4, 0.5) is 4.79 Å². The van der Waals surface area contributed by atoms with Crippen LogP contribution in [0.1, 0.15) is 44.2 Å². The molecule has 3 aromatic rings. The van der Waals surface area contributed by atoms with Crippen molar-refractivity contribution < 1.29 is 4.79 Å². The van der Waals surface area contributed by atoms with Crippen molar-refractivity contribution in [3.8, 4) is 11.3 Å². The number of rotatable bonds is 5. The van der Waals surface area contributed by atoms with Crippen molar-refractivity contribution in [1.82, 2.24) is 19.9 Å². The molecular formula is C25H30N4O. The van der Waals surface area contributed by atoms with Gasteiger partial charge in [0.15, 0.2) is 0 Å². The minimum absolute atomic E-state index is 0.0780.